The van der Waals surface area contributed by atoms with E-state index in [2.05, 4.69) is 13.2 Å². The Labute approximate surface area is 187 Å². The molecule has 0 radical (unpaired) electrons. The molecule has 0 aliphatic rings. The van der Waals surface area contributed by atoms with Gasteiger partial charge < -0.3 is 14.2 Å². The lowest BCUT2D eigenvalue weighted by Gasteiger charge is -2.09. The Morgan fingerprint density at radius 2 is 1.16 bits per heavy atom. The quantitative estimate of drug-likeness (QED) is 0.190. The highest BCUT2D eigenvalue weighted by Gasteiger charge is 2.11. The van der Waals surface area contributed by atoms with Gasteiger partial charge in [-0.05, 0) is 79.1 Å². The van der Waals surface area contributed by atoms with Crippen LogP contribution in [0.1, 0.15) is 24.2 Å². The molecule has 0 N–H and O–H groups in total. The predicted molar refractivity (Wildman–Crippen MR) is 124 cm³/mol. The van der Waals surface area contributed by atoms with Gasteiger partial charge in [-0.2, -0.15) is 0 Å². The van der Waals surface area contributed by atoms with Crippen molar-refractivity contribution in [2.45, 2.75) is 13.8 Å². The van der Waals surface area contributed by atoms with Gasteiger partial charge in [0.1, 0.15) is 23.9 Å². The Bertz CT molecular complexity index is 1120. The minimum atomic E-state index is -0.519. The molecule has 32 heavy (non-hydrogen) atoms. The third kappa shape index (κ3) is 6.19. The van der Waals surface area contributed by atoms with Crippen molar-refractivity contribution >= 4 is 11.9 Å². The first kappa shape index (κ1) is 22.6. The van der Waals surface area contributed by atoms with E-state index in [9.17, 15) is 9.59 Å². The van der Waals surface area contributed by atoms with Gasteiger partial charge in [-0.25, -0.2) is 9.59 Å². The van der Waals surface area contributed by atoms with Crippen LogP contribution >= 0.6 is 0 Å². The summed E-state index contributed by atoms with van der Waals surface area (Å²) < 4.78 is 16.2. The summed E-state index contributed by atoms with van der Waals surface area (Å²) in [5, 5.41) is 0. The molecule has 0 atom stereocenters. The zero-order chi connectivity index (χ0) is 23.1. The van der Waals surface area contributed by atoms with Crippen molar-refractivity contribution in [2.24, 2.45) is 0 Å². The van der Waals surface area contributed by atoms with Gasteiger partial charge in [0.05, 0.1) is 5.56 Å². The summed E-state index contributed by atoms with van der Waals surface area (Å²) in [5.74, 6) is 0.514. The summed E-state index contributed by atoms with van der Waals surface area (Å²) in [4.78, 5) is 23.9. The number of carbonyl (C=O) groups is 2. The van der Waals surface area contributed by atoms with Gasteiger partial charge in [0.15, 0.2) is 0 Å². The zero-order valence-electron chi connectivity index (χ0n) is 18.1. The summed E-state index contributed by atoms with van der Waals surface area (Å²) >= 11 is 0. The van der Waals surface area contributed by atoms with Gasteiger partial charge in [0.2, 0.25) is 0 Å². The molecule has 0 heterocycles. The first-order valence-electron chi connectivity index (χ1n) is 9.99. The van der Waals surface area contributed by atoms with Crippen LogP contribution in [0.15, 0.2) is 97.1 Å². The first-order valence-corrected chi connectivity index (χ1v) is 9.99. The number of carbonyl (C=O) groups excluding carboxylic acids is 2. The lowest BCUT2D eigenvalue weighted by atomic mass is 10.1. The molecule has 0 aromatic heterocycles. The minimum Gasteiger partial charge on any atom is -0.489 e. The summed E-state index contributed by atoms with van der Waals surface area (Å²) in [5.41, 5.74) is 3.60. The van der Waals surface area contributed by atoms with E-state index in [4.69, 9.17) is 14.2 Å². The van der Waals surface area contributed by atoms with Gasteiger partial charge in [-0.3, -0.25) is 0 Å². The van der Waals surface area contributed by atoms with Crippen LogP contribution in [0.25, 0.3) is 11.1 Å². The Kier molecular flexibility index (Phi) is 7.24. The average Bonchev–Trinajstić information content (AvgIpc) is 2.79. The highest BCUT2D eigenvalue weighted by molar-refractivity contribution is 5.92. The fraction of sp³-hybridized carbons (Fsp3) is 0.111. The standard InChI is InChI=1S/C27H24O5/c1-18(2)17-30-23-11-5-20(6-12-23)21-7-13-25(14-8-21)32-27(29)22-9-15-24(16-10-22)31-26(28)19(3)4/h5-16H,1,3,17H2,2,4H3. The second-order valence-electron chi connectivity index (χ2n) is 7.38. The molecule has 0 unspecified atom stereocenters. The van der Waals surface area contributed by atoms with Crippen LogP contribution in [0.5, 0.6) is 17.2 Å². The number of hydrogen-bond acceptors (Lipinski definition) is 5. The third-order valence-electron chi connectivity index (χ3n) is 4.39. The first-order chi connectivity index (χ1) is 15.3. The topological polar surface area (TPSA) is 61.8 Å². The molecule has 0 aliphatic heterocycles. The van der Waals surface area contributed by atoms with E-state index in [1.807, 2.05) is 43.3 Å². The van der Waals surface area contributed by atoms with E-state index in [0.717, 1.165) is 22.4 Å². The molecule has 3 aromatic rings. The maximum atomic E-state index is 12.4. The molecule has 0 aliphatic carbocycles. The van der Waals surface area contributed by atoms with Gasteiger partial charge in [-0.15, -0.1) is 0 Å². The van der Waals surface area contributed by atoms with Crippen molar-refractivity contribution in [3.05, 3.63) is 103 Å². The number of benzene rings is 3. The minimum absolute atomic E-state index is 0.295. The van der Waals surface area contributed by atoms with E-state index >= 15 is 0 Å². The number of esters is 2. The molecule has 0 saturated carbocycles. The van der Waals surface area contributed by atoms with E-state index in [0.29, 0.717) is 29.2 Å². The van der Waals surface area contributed by atoms with Crippen LogP contribution in [0, 0.1) is 0 Å². The third-order valence-corrected chi connectivity index (χ3v) is 4.39. The zero-order valence-corrected chi connectivity index (χ0v) is 18.1. The maximum Gasteiger partial charge on any atom is 0.343 e. The molecule has 0 bridgehead atoms. The van der Waals surface area contributed by atoms with Crippen molar-refractivity contribution in [2.75, 3.05) is 6.61 Å². The Morgan fingerprint density at radius 3 is 1.66 bits per heavy atom. The van der Waals surface area contributed by atoms with Crippen LogP contribution in [0.2, 0.25) is 0 Å². The molecule has 162 valence electrons. The summed E-state index contributed by atoms with van der Waals surface area (Å²) in [7, 11) is 0. The van der Waals surface area contributed by atoms with Crippen LogP contribution in [0.3, 0.4) is 0 Å². The summed E-state index contributed by atoms with van der Waals surface area (Å²) in [6.07, 6.45) is 0. The van der Waals surface area contributed by atoms with Crippen LogP contribution in [-0.4, -0.2) is 18.5 Å². The predicted octanol–water partition coefficient (Wildman–Crippen LogP) is 6.01. The molecule has 0 fully saturated rings. The molecule has 0 saturated heterocycles. The average molecular weight is 428 g/mol. The fourth-order valence-corrected chi connectivity index (χ4v) is 2.68. The molecule has 0 amide bonds. The second-order valence-corrected chi connectivity index (χ2v) is 7.38. The van der Waals surface area contributed by atoms with E-state index < -0.39 is 11.9 Å². The van der Waals surface area contributed by atoms with Crippen molar-refractivity contribution in [3.8, 4) is 28.4 Å². The van der Waals surface area contributed by atoms with E-state index in [1.54, 1.807) is 19.1 Å². The molecule has 5 nitrogen and oxygen atoms in total. The largest absolute Gasteiger partial charge is 0.489 e. The molecule has 5 heteroatoms. The normalized spacial score (nSPS) is 10.2. The Morgan fingerprint density at radius 1 is 0.688 bits per heavy atom. The molecule has 3 aromatic carbocycles. The highest BCUT2D eigenvalue weighted by Crippen LogP contribution is 2.25. The van der Waals surface area contributed by atoms with Crippen LogP contribution < -0.4 is 14.2 Å². The second kappa shape index (κ2) is 10.3. The van der Waals surface area contributed by atoms with Gasteiger partial charge >= 0.3 is 11.9 Å². The number of rotatable bonds is 8. The van der Waals surface area contributed by atoms with Crippen molar-refractivity contribution < 1.29 is 23.8 Å². The number of hydrogen-bond donors (Lipinski definition) is 0. The monoisotopic (exact) mass is 428 g/mol. The van der Waals surface area contributed by atoms with Crippen molar-refractivity contribution in [1.82, 2.24) is 0 Å². The number of ether oxygens (including phenoxy) is 3. The molecule has 0 spiro atoms. The summed E-state index contributed by atoms with van der Waals surface area (Å²) in [6.45, 7) is 11.3. The Hall–Kier alpha value is -4.12. The SMILES string of the molecule is C=C(C)COc1ccc(-c2ccc(OC(=O)c3ccc(OC(=O)C(=C)C)cc3)cc2)cc1. The highest BCUT2D eigenvalue weighted by atomic mass is 16.5. The lowest BCUT2D eigenvalue weighted by Crippen LogP contribution is -2.10. The maximum absolute atomic E-state index is 12.4. The van der Waals surface area contributed by atoms with Crippen molar-refractivity contribution in [1.29, 1.82) is 0 Å². The fourth-order valence-electron chi connectivity index (χ4n) is 2.68. The van der Waals surface area contributed by atoms with Crippen LogP contribution in [-0.2, 0) is 4.79 Å². The van der Waals surface area contributed by atoms with E-state index in [-0.39, 0.29) is 0 Å². The molecule has 3 rings (SSSR count). The van der Waals surface area contributed by atoms with Crippen molar-refractivity contribution in [3.63, 3.8) is 0 Å². The van der Waals surface area contributed by atoms with Gasteiger partial charge in [-0.1, -0.05) is 37.4 Å². The molecular weight excluding hydrogens is 404 g/mol. The Balaban J connectivity index is 1.60. The summed E-state index contributed by atoms with van der Waals surface area (Å²) in [6, 6.07) is 21.1. The van der Waals surface area contributed by atoms with Gasteiger partial charge in [0, 0.05) is 5.57 Å². The lowest BCUT2D eigenvalue weighted by molar-refractivity contribution is -0.130. The van der Waals surface area contributed by atoms with Gasteiger partial charge in [0.25, 0.3) is 0 Å². The smallest absolute Gasteiger partial charge is 0.343 e. The van der Waals surface area contributed by atoms with E-state index in [1.165, 1.54) is 24.3 Å². The van der Waals surface area contributed by atoms with Crippen LogP contribution in [0.4, 0.5) is 0 Å². The molecular formula is C27H24O5.